The van der Waals surface area contributed by atoms with E-state index in [4.69, 9.17) is 14.7 Å². The van der Waals surface area contributed by atoms with Crippen molar-refractivity contribution < 1.29 is 43.8 Å². The van der Waals surface area contributed by atoms with Crippen LogP contribution in [0.15, 0.2) is 54.6 Å². The quantitative estimate of drug-likeness (QED) is 0.0798. The Kier molecular flexibility index (Phi) is 16.3. The number of amides is 3. The van der Waals surface area contributed by atoms with Gasteiger partial charge < -0.3 is 30.0 Å². The van der Waals surface area contributed by atoms with E-state index in [9.17, 15) is 29.1 Å². The number of carbonyl (C=O) groups is 5. The number of rotatable bonds is 21. The van der Waals surface area contributed by atoms with E-state index < -0.39 is 41.4 Å². The van der Waals surface area contributed by atoms with Crippen LogP contribution in [-0.2, 0) is 46.3 Å². The van der Waals surface area contributed by atoms with Gasteiger partial charge in [0.15, 0.2) is 5.78 Å². The molecule has 0 saturated heterocycles. The van der Waals surface area contributed by atoms with Crippen LogP contribution in [-0.4, -0.2) is 79.1 Å². The van der Waals surface area contributed by atoms with Crippen LogP contribution >= 0.6 is 0 Å². The molecule has 240 valence electrons. The summed E-state index contributed by atoms with van der Waals surface area (Å²) in [6, 6.07) is 14.4. The lowest BCUT2D eigenvalue weighted by Crippen LogP contribution is -2.47. The Morgan fingerprint density at radius 1 is 0.818 bits per heavy atom. The molecule has 0 heterocycles. The summed E-state index contributed by atoms with van der Waals surface area (Å²) in [6.07, 6.45) is -0.180. The second-order valence-electron chi connectivity index (χ2n) is 10.6. The van der Waals surface area contributed by atoms with E-state index in [2.05, 4.69) is 10.6 Å². The van der Waals surface area contributed by atoms with Gasteiger partial charge >= 0.3 is 0 Å². The molecule has 12 heteroatoms. The molecule has 0 fully saturated rings. The van der Waals surface area contributed by atoms with Gasteiger partial charge in [-0.2, -0.15) is 0 Å². The van der Waals surface area contributed by atoms with Crippen molar-refractivity contribution in [3.63, 3.8) is 0 Å². The van der Waals surface area contributed by atoms with Crippen molar-refractivity contribution in [3.8, 4) is 5.75 Å². The molecule has 2 rings (SSSR count). The van der Waals surface area contributed by atoms with Crippen LogP contribution in [0.1, 0.15) is 43.7 Å². The van der Waals surface area contributed by atoms with Crippen molar-refractivity contribution in [1.82, 2.24) is 16.1 Å². The lowest BCUT2D eigenvalue weighted by molar-refractivity contribution is -0.134. The zero-order valence-corrected chi connectivity index (χ0v) is 25.3. The molecule has 0 aliphatic heterocycles. The predicted octanol–water partition coefficient (Wildman–Crippen LogP) is 1.90. The molecule has 12 nitrogen and oxygen atoms in total. The van der Waals surface area contributed by atoms with Gasteiger partial charge in [0.05, 0.1) is 25.9 Å². The van der Waals surface area contributed by atoms with Crippen LogP contribution in [0.25, 0.3) is 0 Å². The number of hydrogen-bond donors (Lipinski definition) is 5. The summed E-state index contributed by atoms with van der Waals surface area (Å²) >= 11 is 0. The second kappa shape index (κ2) is 19.9. The van der Waals surface area contributed by atoms with E-state index >= 15 is 0 Å². The Hall–Kier alpha value is -4.13. The third-order valence-electron chi connectivity index (χ3n) is 6.95. The number of nitrogens with one attached hydrogen (secondary N) is 3. The molecular formula is C32H43N3O9. The minimum atomic E-state index is -1.02. The standard InChI is InChI=1S/C32H43N3O9/c1-22(36)18-26(19-24-8-11-27(37)12-9-24)32(41)34-28(20-23-6-4-3-5-7-23)29(38)21-25(10-13-30(39)35-42)31(40)33-14-15-44-17-16-43-2/h3-9,11-12,25-26,28,37,42H,10,13-21H2,1-2H3,(H,33,40)(H,34,41)(H,35,39)/t25-,26+,28-/m1/s1. The molecule has 0 spiro atoms. The molecule has 0 unspecified atom stereocenters. The highest BCUT2D eigenvalue weighted by atomic mass is 16.5. The van der Waals surface area contributed by atoms with E-state index in [1.807, 2.05) is 18.2 Å². The fraction of sp³-hybridized carbons (Fsp3) is 0.469. The summed E-state index contributed by atoms with van der Waals surface area (Å²) < 4.78 is 10.3. The van der Waals surface area contributed by atoms with E-state index in [0.717, 1.165) is 11.1 Å². The molecule has 0 radical (unpaired) electrons. The average molecular weight is 614 g/mol. The molecule has 0 saturated carbocycles. The molecular weight excluding hydrogens is 570 g/mol. The summed E-state index contributed by atoms with van der Waals surface area (Å²) in [6.45, 7) is 2.53. The van der Waals surface area contributed by atoms with Crippen LogP contribution < -0.4 is 16.1 Å². The Labute approximate surface area is 257 Å². The molecule has 3 atom stereocenters. The van der Waals surface area contributed by atoms with Crippen molar-refractivity contribution in [3.05, 3.63) is 65.7 Å². The first kappa shape index (κ1) is 36.1. The van der Waals surface area contributed by atoms with Gasteiger partial charge in [0.2, 0.25) is 17.7 Å². The lowest BCUT2D eigenvalue weighted by atomic mass is 9.89. The van der Waals surface area contributed by atoms with Gasteiger partial charge in [0, 0.05) is 44.8 Å². The molecule has 5 N–H and O–H groups in total. The van der Waals surface area contributed by atoms with Gasteiger partial charge in [-0.25, -0.2) is 5.48 Å². The molecule has 2 aromatic rings. The van der Waals surface area contributed by atoms with Crippen molar-refractivity contribution in [2.75, 3.05) is 33.5 Å². The number of hydrogen-bond acceptors (Lipinski definition) is 9. The first-order valence-electron chi connectivity index (χ1n) is 14.5. The predicted molar refractivity (Wildman–Crippen MR) is 161 cm³/mol. The van der Waals surface area contributed by atoms with E-state index in [-0.39, 0.29) is 63.2 Å². The number of ether oxygens (including phenoxy) is 2. The average Bonchev–Trinajstić information content (AvgIpc) is 3.01. The Morgan fingerprint density at radius 3 is 2.14 bits per heavy atom. The van der Waals surface area contributed by atoms with Crippen LogP contribution in [0.3, 0.4) is 0 Å². The highest BCUT2D eigenvalue weighted by molar-refractivity contribution is 5.94. The zero-order valence-electron chi connectivity index (χ0n) is 25.3. The summed E-state index contributed by atoms with van der Waals surface area (Å²) in [4.78, 5) is 64.1. The molecule has 0 bridgehead atoms. The van der Waals surface area contributed by atoms with Crippen molar-refractivity contribution in [2.45, 2.75) is 51.5 Å². The number of Topliss-reactive ketones (excluding diaryl/α,β-unsaturated/α-hetero) is 2. The first-order chi connectivity index (χ1) is 21.1. The van der Waals surface area contributed by atoms with Crippen LogP contribution in [0.5, 0.6) is 5.75 Å². The maximum Gasteiger partial charge on any atom is 0.243 e. The molecule has 2 aromatic carbocycles. The largest absolute Gasteiger partial charge is 0.508 e. The maximum absolute atomic E-state index is 13.7. The van der Waals surface area contributed by atoms with E-state index in [1.54, 1.807) is 31.4 Å². The number of methoxy groups -OCH3 is 1. The number of phenolic OH excluding ortho intramolecular Hbond substituents is 1. The Morgan fingerprint density at radius 2 is 1.50 bits per heavy atom. The van der Waals surface area contributed by atoms with Crippen molar-refractivity contribution in [1.29, 1.82) is 0 Å². The van der Waals surface area contributed by atoms with Gasteiger partial charge in [-0.1, -0.05) is 42.5 Å². The Bertz CT molecular complexity index is 1210. The van der Waals surface area contributed by atoms with E-state index in [0.29, 0.717) is 13.2 Å². The number of hydroxylamine groups is 1. The van der Waals surface area contributed by atoms with Gasteiger partial charge in [-0.15, -0.1) is 0 Å². The minimum absolute atomic E-state index is 0.0195. The number of phenols is 1. The summed E-state index contributed by atoms with van der Waals surface area (Å²) in [5, 5.41) is 24.1. The molecule has 0 aromatic heterocycles. The number of carbonyl (C=O) groups excluding carboxylic acids is 5. The Balaban J connectivity index is 2.22. The third-order valence-corrected chi connectivity index (χ3v) is 6.95. The van der Waals surface area contributed by atoms with Gasteiger partial charge in [-0.05, 0) is 49.4 Å². The first-order valence-corrected chi connectivity index (χ1v) is 14.5. The SMILES string of the molecule is COCCOCCNC(=O)[C@H](CCC(=O)NO)CC(=O)[C@@H](Cc1ccccc1)NC(=O)[C@@H](CC(C)=O)Cc1ccc(O)cc1. The number of aromatic hydroxyl groups is 1. The summed E-state index contributed by atoms with van der Waals surface area (Å²) in [7, 11) is 1.54. The lowest BCUT2D eigenvalue weighted by Gasteiger charge is -2.24. The molecule has 44 heavy (non-hydrogen) atoms. The second-order valence-corrected chi connectivity index (χ2v) is 10.6. The molecule has 3 amide bonds. The van der Waals surface area contributed by atoms with Crippen LogP contribution in [0, 0.1) is 11.8 Å². The molecule has 0 aliphatic carbocycles. The fourth-order valence-corrected chi connectivity index (χ4v) is 4.61. The minimum Gasteiger partial charge on any atom is -0.508 e. The zero-order chi connectivity index (χ0) is 32.3. The van der Waals surface area contributed by atoms with Gasteiger partial charge in [0.25, 0.3) is 0 Å². The highest BCUT2D eigenvalue weighted by Gasteiger charge is 2.30. The topological polar surface area (TPSA) is 180 Å². The number of ketones is 2. The fourth-order valence-electron chi connectivity index (χ4n) is 4.61. The monoisotopic (exact) mass is 613 g/mol. The van der Waals surface area contributed by atoms with Crippen LogP contribution in [0.2, 0.25) is 0 Å². The maximum atomic E-state index is 13.7. The van der Waals surface area contributed by atoms with Gasteiger partial charge in [-0.3, -0.25) is 24.4 Å². The van der Waals surface area contributed by atoms with E-state index in [1.165, 1.54) is 24.5 Å². The normalized spacial score (nSPS) is 12.9. The smallest absolute Gasteiger partial charge is 0.243 e. The van der Waals surface area contributed by atoms with Gasteiger partial charge in [0.1, 0.15) is 11.5 Å². The van der Waals surface area contributed by atoms with Crippen molar-refractivity contribution in [2.24, 2.45) is 11.8 Å². The highest BCUT2D eigenvalue weighted by Crippen LogP contribution is 2.19. The summed E-state index contributed by atoms with van der Waals surface area (Å²) in [5.74, 6) is -3.89. The van der Waals surface area contributed by atoms with Crippen molar-refractivity contribution >= 4 is 29.3 Å². The summed E-state index contributed by atoms with van der Waals surface area (Å²) in [5.41, 5.74) is 3.05. The number of benzene rings is 2. The molecule has 0 aliphatic rings. The van der Waals surface area contributed by atoms with Crippen LogP contribution in [0.4, 0.5) is 0 Å². The third kappa shape index (κ3) is 13.9.